The number of primary amides is 1. The molecule has 2 aromatic rings. The molecule has 7 nitrogen and oxygen atoms in total. The highest BCUT2D eigenvalue weighted by atomic mass is 19.4. The van der Waals surface area contributed by atoms with Crippen LogP contribution in [-0.4, -0.2) is 41.3 Å². The molecule has 1 aromatic carbocycles. The van der Waals surface area contributed by atoms with Crippen molar-refractivity contribution >= 4 is 17.5 Å². The Morgan fingerprint density at radius 2 is 1.89 bits per heavy atom. The Bertz CT molecular complexity index is 1140. The first-order chi connectivity index (χ1) is 16.2. The third kappa shape index (κ3) is 4.88. The summed E-state index contributed by atoms with van der Waals surface area (Å²) >= 11 is 0. The number of nitrogens with two attached hydrogens (primary N) is 1. The Balaban J connectivity index is 2.10. The highest BCUT2D eigenvalue weighted by Crippen LogP contribution is 2.55. The number of ether oxygens (including phenoxy) is 2. The molecule has 3 rings (SSSR count). The zero-order chi connectivity index (χ0) is 26.3. The van der Waals surface area contributed by atoms with Crippen LogP contribution in [0.15, 0.2) is 30.5 Å². The Morgan fingerprint density at radius 1 is 1.23 bits per heavy atom. The largest absolute Gasteiger partial charge is 0.431 e. The van der Waals surface area contributed by atoms with Gasteiger partial charge in [-0.15, -0.1) is 0 Å². The fourth-order valence-corrected chi connectivity index (χ4v) is 3.90. The van der Waals surface area contributed by atoms with Gasteiger partial charge in [0.15, 0.2) is 17.2 Å². The fourth-order valence-electron chi connectivity index (χ4n) is 3.90. The molecule has 35 heavy (non-hydrogen) atoms. The number of rotatable bonds is 6. The van der Waals surface area contributed by atoms with E-state index in [4.69, 9.17) is 10.5 Å². The maximum Gasteiger partial charge on any atom is 0.417 e. The van der Waals surface area contributed by atoms with E-state index in [1.807, 2.05) is 0 Å². The number of hydrogen-bond donors (Lipinski definition) is 2. The Kier molecular flexibility index (Phi) is 6.97. The van der Waals surface area contributed by atoms with Crippen molar-refractivity contribution in [2.75, 3.05) is 5.32 Å². The molecule has 0 radical (unpaired) electrons. The molecule has 0 spiro atoms. The van der Waals surface area contributed by atoms with Gasteiger partial charge in [-0.05, 0) is 25.1 Å². The normalized spacial score (nSPS) is 24.5. The average molecular weight is 509 g/mol. The Hall–Kier alpha value is -3.42. The van der Waals surface area contributed by atoms with E-state index < -0.39 is 71.1 Å². The van der Waals surface area contributed by atoms with Gasteiger partial charge in [-0.25, -0.2) is 4.39 Å². The second kappa shape index (κ2) is 9.32. The molecule has 190 valence electrons. The van der Waals surface area contributed by atoms with E-state index in [9.17, 15) is 40.3 Å². The molecule has 1 aliphatic rings. The molecule has 0 bridgehead atoms. The number of carbonyl (C=O) groups is 2. The van der Waals surface area contributed by atoms with Crippen LogP contribution in [0.25, 0.3) is 0 Å². The van der Waals surface area contributed by atoms with Gasteiger partial charge in [-0.1, -0.05) is 13.0 Å². The first kappa shape index (κ1) is 26.2. The van der Waals surface area contributed by atoms with Gasteiger partial charge in [0.25, 0.3) is 11.8 Å². The summed E-state index contributed by atoms with van der Waals surface area (Å²) in [6.45, 7) is -1.98. The number of nitrogens with one attached hydrogen (secondary N) is 1. The molecule has 0 saturated carbocycles. The van der Waals surface area contributed by atoms with Crippen LogP contribution >= 0.6 is 0 Å². The predicted octanol–water partition coefficient (Wildman–Crippen LogP) is 4.14. The summed E-state index contributed by atoms with van der Waals surface area (Å²) in [5, 5.41) is 2.24. The lowest BCUT2D eigenvalue weighted by Crippen LogP contribution is -2.47. The van der Waals surface area contributed by atoms with Gasteiger partial charge in [0, 0.05) is 29.3 Å². The summed E-state index contributed by atoms with van der Waals surface area (Å²) in [7, 11) is 0. The quantitative estimate of drug-likeness (QED) is 0.570. The van der Waals surface area contributed by atoms with E-state index in [1.54, 1.807) is 0 Å². The lowest BCUT2D eigenvalue weighted by molar-refractivity contribution is -0.272. The van der Waals surface area contributed by atoms with Crippen molar-refractivity contribution in [3.05, 3.63) is 53.4 Å². The van der Waals surface area contributed by atoms with Crippen LogP contribution < -0.4 is 15.8 Å². The molecule has 4 atom stereocenters. The van der Waals surface area contributed by atoms with Crippen molar-refractivity contribution in [2.24, 2.45) is 11.7 Å². The maximum absolute atomic E-state index is 14.4. The third-order valence-corrected chi connectivity index (χ3v) is 5.85. The Morgan fingerprint density at radius 3 is 2.46 bits per heavy atom. The minimum Gasteiger partial charge on any atom is -0.431 e. The minimum atomic E-state index is -5.04. The van der Waals surface area contributed by atoms with Crippen LogP contribution in [0.5, 0.6) is 5.75 Å². The number of benzene rings is 1. The van der Waals surface area contributed by atoms with Crippen molar-refractivity contribution in [2.45, 2.75) is 44.3 Å². The molecule has 0 unspecified atom stereocenters. The smallest absolute Gasteiger partial charge is 0.417 e. The number of alkyl halides is 5. The molecular weight excluding hydrogens is 491 g/mol. The van der Waals surface area contributed by atoms with Gasteiger partial charge in [-0.3, -0.25) is 14.6 Å². The van der Waals surface area contributed by atoms with Gasteiger partial charge >= 0.3 is 12.8 Å². The number of aromatic nitrogens is 1. The summed E-state index contributed by atoms with van der Waals surface area (Å²) in [6, 6.07) is 3.50. The van der Waals surface area contributed by atoms with Crippen molar-refractivity contribution in [1.29, 1.82) is 0 Å². The highest BCUT2D eigenvalue weighted by Gasteiger charge is 2.66. The molecule has 2 amide bonds. The van der Waals surface area contributed by atoms with Crippen LogP contribution in [0.3, 0.4) is 0 Å². The van der Waals surface area contributed by atoms with Crippen molar-refractivity contribution in [3.63, 3.8) is 0 Å². The fraction of sp³-hybridized carbons (Fsp3) is 0.381. The van der Waals surface area contributed by atoms with E-state index in [2.05, 4.69) is 15.0 Å². The molecular formula is C21H18F7N3O4. The Labute approximate surface area is 193 Å². The lowest BCUT2D eigenvalue weighted by Gasteiger charge is -2.32. The summed E-state index contributed by atoms with van der Waals surface area (Å²) in [5.74, 6) is -10.3. The lowest BCUT2D eigenvalue weighted by atomic mass is 9.77. The van der Waals surface area contributed by atoms with E-state index in [0.717, 1.165) is 25.3 Å². The SMILES string of the molecule is C[C@@H]1[C@H](c2ccc(F)c(F)c2OC(F)F)[C@H](C(=O)Nc2ccnc(C(N)=O)c2)O[C@]1(C)C(F)(F)F. The van der Waals surface area contributed by atoms with Gasteiger partial charge in [0.05, 0.1) is 0 Å². The molecule has 1 fully saturated rings. The van der Waals surface area contributed by atoms with Gasteiger partial charge in [-0.2, -0.15) is 26.3 Å². The number of halogens is 7. The number of nitrogens with zero attached hydrogens (tertiary/aromatic N) is 1. The van der Waals surface area contributed by atoms with Crippen molar-refractivity contribution < 1.29 is 49.8 Å². The molecule has 1 aliphatic heterocycles. The predicted molar refractivity (Wildman–Crippen MR) is 106 cm³/mol. The topological polar surface area (TPSA) is 104 Å². The molecule has 1 aromatic heterocycles. The second-order valence-electron chi connectivity index (χ2n) is 7.90. The highest BCUT2D eigenvalue weighted by molar-refractivity contribution is 5.97. The maximum atomic E-state index is 14.4. The molecule has 14 heteroatoms. The monoisotopic (exact) mass is 509 g/mol. The summed E-state index contributed by atoms with van der Waals surface area (Å²) in [5.41, 5.74) is 1.14. The molecule has 1 saturated heterocycles. The van der Waals surface area contributed by atoms with E-state index >= 15 is 0 Å². The van der Waals surface area contributed by atoms with E-state index in [0.29, 0.717) is 13.0 Å². The van der Waals surface area contributed by atoms with E-state index in [-0.39, 0.29) is 11.4 Å². The van der Waals surface area contributed by atoms with Gasteiger partial charge in [0.1, 0.15) is 11.8 Å². The summed E-state index contributed by atoms with van der Waals surface area (Å²) in [6.07, 6.45) is -5.97. The zero-order valence-corrected chi connectivity index (χ0v) is 18.0. The summed E-state index contributed by atoms with van der Waals surface area (Å²) in [4.78, 5) is 28.0. The third-order valence-electron chi connectivity index (χ3n) is 5.85. The van der Waals surface area contributed by atoms with Crippen LogP contribution in [0.2, 0.25) is 0 Å². The first-order valence-corrected chi connectivity index (χ1v) is 9.91. The van der Waals surface area contributed by atoms with E-state index in [1.165, 1.54) is 6.07 Å². The van der Waals surface area contributed by atoms with Crippen molar-refractivity contribution in [1.82, 2.24) is 4.98 Å². The van der Waals surface area contributed by atoms with Crippen LogP contribution in [0.1, 0.15) is 35.8 Å². The number of amides is 2. The standard InChI is InChI=1S/C21H18F7N3O4/c1-8-13(10-3-4-11(22)14(23)15(10)34-19(24)25)16(35-20(8,2)21(26,27)28)18(33)31-9-5-6-30-12(7-9)17(29)32/h3-8,13,16,19H,1-2H3,(H2,29,32)(H,30,31,33)/t8-,13-,16-,20+/m1/s1. The van der Waals surface area contributed by atoms with Gasteiger partial charge in [0.2, 0.25) is 5.82 Å². The van der Waals surface area contributed by atoms with Crippen LogP contribution in [-0.2, 0) is 9.53 Å². The van der Waals surface area contributed by atoms with Gasteiger partial charge < -0.3 is 20.5 Å². The molecule has 3 N–H and O–H groups in total. The molecule has 2 heterocycles. The number of hydrogen-bond acceptors (Lipinski definition) is 5. The zero-order valence-electron chi connectivity index (χ0n) is 18.0. The average Bonchev–Trinajstić information content (AvgIpc) is 3.04. The van der Waals surface area contributed by atoms with Crippen molar-refractivity contribution in [3.8, 4) is 5.75 Å². The second-order valence-corrected chi connectivity index (χ2v) is 7.90. The van der Waals surface area contributed by atoms with Crippen LogP contribution in [0.4, 0.5) is 36.4 Å². The number of carbonyl (C=O) groups excluding carboxylic acids is 2. The number of pyridine rings is 1. The minimum absolute atomic E-state index is 0.0937. The molecule has 0 aliphatic carbocycles. The summed E-state index contributed by atoms with van der Waals surface area (Å²) < 4.78 is 105. The first-order valence-electron chi connectivity index (χ1n) is 9.91. The van der Waals surface area contributed by atoms with Crippen LogP contribution in [0, 0.1) is 17.6 Å². The number of anilines is 1.